The van der Waals surface area contributed by atoms with Gasteiger partial charge in [0.2, 0.25) is 0 Å². The van der Waals surface area contributed by atoms with E-state index < -0.39 is 0 Å². The SMILES string of the molecule is Cc1ccc2c(c1)c(C(=O)c1ccccc1)c(C(C)C)n2C(C)CCO. The van der Waals surface area contributed by atoms with Crippen LogP contribution in [0.3, 0.4) is 0 Å². The highest BCUT2D eigenvalue weighted by atomic mass is 16.3. The summed E-state index contributed by atoms with van der Waals surface area (Å²) in [7, 11) is 0. The van der Waals surface area contributed by atoms with E-state index >= 15 is 0 Å². The first-order valence-corrected chi connectivity index (χ1v) is 9.30. The minimum atomic E-state index is 0.0693. The van der Waals surface area contributed by atoms with Gasteiger partial charge in [0.15, 0.2) is 5.78 Å². The number of carbonyl (C=O) groups excluding carboxylic acids is 1. The summed E-state index contributed by atoms with van der Waals surface area (Å²) in [6, 6.07) is 15.9. The Labute approximate surface area is 155 Å². The third kappa shape index (κ3) is 3.19. The van der Waals surface area contributed by atoms with Gasteiger partial charge >= 0.3 is 0 Å². The van der Waals surface area contributed by atoms with Crippen LogP contribution in [0.5, 0.6) is 0 Å². The van der Waals surface area contributed by atoms with Crippen molar-refractivity contribution in [3.63, 3.8) is 0 Å². The number of carbonyl (C=O) groups is 1. The highest BCUT2D eigenvalue weighted by Crippen LogP contribution is 2.36. The third-order valence-electron chi connectivity index (χ3n) is 4.99. The van der Waals surface area contributed by atoms with Crippen molar-refractivity contribution in [1.29, 1.82) is 0 Å². The second-order valence-corrected chi connectivity index (χ2v) is 7.36. The lowest BCUT2D eigenvalue weighted by Gasteiger charge is -2.21. The van der Waals surface area contributed by atoms with Gasteiger partial charge in [0.05, 0.1) is 5.56 Å². The van der Waals surface area contributed by atoms with Crippen LogP contribution in [0, 0.1) is 6.92 Å². The molecule has 0 aliphatic rings. The number of aromatic nitrogens is 1. The molecule has 3 rings (SSSR count). The van der Waals surface area contributed by atoms with Crippen molar-refractivity contribution in [3.8, 4) is 0 Å². The van der Waals surface area contributed by atoms with E-state index in [1.165, 1.54) is 0 Å². The smallest absolute Gasteiger partial charge is 0.195 e. The molecule has 0 aliphatic heterocycles. The van der Waals surface area contributed by atoms with E-state index in [0.717, 1.165) is 27.7 Å². The van der Waals surface area contributed by atoms with Gasteiger partial charge in [0.1, 0.15) is 0 Å². The summed E-state index contributed by atoms with van der Waals surface area (Å²) >= 11 is 0. The number of ketones is 1. The maximum absolute atomic E-state index is 13.4. The first-order chi connectivity index (χ1) is 12.5. The Morgan fingerprint density at radius 3 is 2.38 bits per heavy atom. The van der Waals surface area contributed by atoms with Gasteiger partial charge < -0.3 is 9.67 Å². The summed E-state index contributed by atoms with van der Waals surface area (Å²) in [5.41, 5.74) is 4.78. The third-order valence-corrected chi connectivity index (χ3v) is 4.99. The lowest BCUT2D eigenvalue weighted by atomic mass is 9.95. The molecule has 0 saturated heterocycles. The molecule has 136 valence electrons. The average molecular weight is 349 g/mol. The molecule has 1 atom stereocenters. The standard InChI is InChI=1S/C23H27NO2/c1-15(2)22-21(23(26)18-8-6-5-7-9-18)19-14-16(3)10-11-20(19)24(22)17(4)12-13-25/h5-11,14-15,17,25H,12-13H2,1-4H3. The predicted molar refractivity (Wildman–Crippen MR) is 107 cm³/mol. The molecule has 1 unspecified atom stereocenters. The van der Waals surface area contributed by atoms with Crippen molar-refractivity contribution in [1.82, 2.24) is 4.57 Å². The van der Waals surface area contributed by atoms with Crippen LogP contribution in [0.25, 0.3) is 10.9 Å². The number of aryl methyl sites for hydroxylation is 1. The van der Waals surface area contributed by atoms with Crippen molar-refractivity contribution in [3.05, 3.63) is 70.9 Å². The van der Waals surface area contributed by atoms with Crippen LogP contribution >= 0.6 is 0 Å². The van der Waals surface area contributed by atoms with Crippen molar-refractivity contribution in [2.24, 2.45) is 0 Å². The van der Waals surface area contributed by atoms with E-state index in [0.29, 0.717) is 12.0 Å². The lowest BCUT2D eigenvalue weighted by molar-refractivity contribution is 0.103. The second-order valence-electron chi connectivity index (χ2n) is 7.36. The molecule has 0 radical (unpaired) electrons. The second kappa shape index (κ2) is 7.46. The van der Waals surface area contributed by atoms with Gasteiger partial charge in [-0.05, 0) is 38.3 Å². The van der Waals surface area contributed by atoms with Crippen molar-refractivity contribution in [2.75, 3.05) is 6.61 Å². The number of nitrogens with zero attached hydrogens (tertiary/aromatic N) is 1. The zero-order chi connectivity index (χ0) is 18.8. The molecule has 26 heavy (non-hydrogen) atoms. The van der Waals surface area contributed by atoms with E-state index in [1.54, 1.807) is 0 Å². The quantitative estimate of drug-likeness (QED) is 0.618. The predicted octanol–water partition coefficient (Wildman–Crippen LogP) is 5.25. The number of hydrogen-bond acceptors (Lipinski definition) is 2. The molecule has 3 nitrogen and oxygen atoms in total. The van der Waals surface area contributed by atoms with Crippen LogP contribution in [-0.4, -0.2) is 22.1 Å². The molecule has 3 aromatic rings. The number of rotatable bonds is 6. The van der Waals surface area contributed by atoms with Gasteiger partial charge in [-0.2, -0.15) is 0 Å². The molecule has 0 saturated carbocycles. The first kappa shape index (κ1) is 18.4. The first-order valence-electron chi connectivity index (χ1n) is 9.30. The Balaban J connectivity index is 2.35. The molecule has 0 bridgehead atoms. The van der Waals surface area contributed by atoms with Gasteiger partial charge in [0.25, 0.3) is 0 Å². The Morgan fingerprint density at radius 2 is 1.77 bits per heavy atom. The van der Waals surface area contributed by atoms with Crippen LogP contribution in [0.2, 0.25) is 0 Å². The van der Waals surface area contributed by atoms with Gasteiger partial charge in [0, 0.05) is 34.8 Å². The Kier molecular flexibility index (Phi) is 5.28. The minimum absolute atomic E-state index is 0.0693. The highest BCUT2D eigenvalue weighted by Gasteiger charge is 2.27. The van der Waals surface area contributed by atoms with E-state index in [-0.39, 0.29) is 24.3 Å². The summed E-state index contributed by atoms with van der Waals surface area (Å²) in [5.74, 6) is 0.270. The lowest BCUT2D eigenvalue weighted by Crippen LogP contribution is -2.14. The normalized spacial score (nSPS) is 12.7. The topological polar surface area (TPSA) is 42.2 Å². The maximum Gasteiger partial charge on any atom is 0.195 e. The molecule has 1 aromatic heterocycles. The molecular weight excluding hydrogens is 322 g/mol. The summed E-state index contributed by atoms with van der Waals surface area (Å²) in [6.45, 7) is 8.56. The molecule has 0 spiro atoms. The van der Waals surface area contributed by atoms with Gasteiger partial charge in [-0.15, -0.1) is 0 Å². The molecule has 1 N–H and O–H groups in total. The Bertz CT molecular complexity index is 922. The van der Waals surface area contributed by atoms with Gasteiger partial charge in [-0.25, -0.2) is 0 Å². The van der Waals surface area contributed by atoms with E-state index in [9.17, 15) is 9.90 Å². The largest absolute Gasteiger partial charge is 0.396 e. The molecule has 0 amide bonds. The summed E-state index contributed by atoms with van der Waals surface area (Å²) in [4.78, 5) is 13.4. The minimum Gasteiger partial charge on any atom is -0.396 e. The summed E-state index contributed by atoms with van der Waals surface area (Å²) in [5, 5.41) is 10.5. The molecule has 3 heteroatoms. The van der Waals surface area contributed by atoms with Crippen LogP contribution in [0.4, 0.5) is 0 Å². The molecule has 2 aromatic carbocycles. The fourth-order valence-electron chi connectivity index (χ4n) is 3.78. The number of benzene rings is 2. The van der Waals surface area contributed by atoms with Crippen molar-refractivity contribution < 1.29 is 9.90 Å². The van der Waals surface area contributed by atoms with E-state index in [1.807, 2.05) is 30.3 Å². The van der Waals surface area contributed by atoms with Crippen molar-refractivity contribution in [2.45, 2.75) is 46.1 Å². The van der Waals surface area contributed by atoms with Gasteiger partial charge in [-0.3, -0.25) is 4.79 Å². The van der Waals surface area contributed by atoms with Crippen LogP contribution in [0.15, 0.2) is 48.5 Å². The fraction of sp³-hybridized carbons (Fsp3) is 0.348. The van der Waals surface area contributed by atoms with Crippen LogP contribution in [-0.2, 0) is 0 Å². The fourth-order valence-corrected chi connectivity index (χ4v) is 3.78. The van der Waals surface area contributed by atoms with Crippen LogP contribution < -0.4 is 0 Å². The molecule has 0 aliphatic carbocycles. The number of hydrogen-bond donors (Lipinski definition) is 1. The monoisotopic (exact) mass is 349 g/mol. The Morgan fingerprint density at radius 1 is 1.08 bits per heavy atom. The molecule has 0 fully saturated rings. The zero-order valence-corrected chi connectivity index (χ0v) is 16.0. The van der Waals surface area contributed by atoms with Crippen LogP contribution in [0.1, 0.15) is 66.3 Å². The van der Waals surface area contributed by atoms with Crippen molar-refractivity contribution >= 4 is 16.7 Å². The molecule has 1 heterocycles. The average Bonchev–Trinajstić information content (AvgIpc) is 2.96. The number of aliphatic hydroxyl groups excluding tert-OH is 1. The maximum atomic E-state index is 13.4. The molecular formula is C23H27NO2. The van der Waals surface area contributed by atoms with E-state index in [4.69, 9.17) is 0 Å². The zero-order valence-electron chi connectivity index (χ0n) is 16.0. The Hall–Kier alpha value is -2.39. The summed E-state index contributed by atoms with van der Waals surface area (Å²) < 4.78 is 2.26. The van der Waals surface area contributed by atoms with E-state index in [2.05, 4.69) is 50.5 Å². The van der Waals surface area contributed by atoms with Gasteiger partial charge in [-0.1, -0.05) is 55.8 Å². The number of aliphatic hydroxyl groups is 1. The highest BCUT2D eigenvalue weighted by molar-refractivity contribution is 6.17. The number of fused-ring (bicyclic) bond motifs is 1. The summed E-state index contributed by atoms with van der Waals surface area (Å²) in [6.07, 6.45) is 0.663.